The van der Waals surface area contributed by atoms with Crippen molar-refractivity contribution in [3.05, 3.63) is 23.3 Å². The van der Waals surface area contributed by atoms with Crippen LogP contribution < -0.4 is 61.2 Å². The van der Waals surface area contributed by atoms with Crippen LogP contribution >= 0.6 is 0 Å². The molecule has 1 rings (SSSR count). The van der Waals surface area contributed by atoms with Gasteiger partial charge in [-0.1, -0.05) is 0 Å². The number of carbonyl (C=O) groups is 1. The third-order valence-corrected chi connectivity index (χ3v) is 5.27. The molecule has 124 valence electrons. The molecule has 7 nitrogen and oxygen atoms in total. The summed E-state index contributed by atoms with van der Waals surface area (Å²) < 4.78 is 36.3. The Balaban J connectivity index is 0.00000484. The van der Waals surface area contributed by atoms with Crippen molar-refractivity contribution in [2.24, 2.45) is 0 Å². The molecule has 0 aliphatic rings. The maximum atomic E-state index is 12.6. The molecule has 9 heteroatoms. The monoisotopic (exact) mass is 369 g/mol. The van der Waals surface area contributed by atoms with E-state index in [9.17, 15) is 18.3 Å². The number of carboxylic acid groups (broad SMARTS) is 1. The fourth-order valence-electron chi connectivity index (χ4n) is 2.06. The number of nitrogens with zero attached hydrogens (tertiary/aromatic N) is 1. The minimum Gasteiger partial charge on any atom is -0.548 e. The van der Waals surface area contributed by atoms with E-state index in [4.69, 9.17) is 9.47 Å². The predicted molar refractivity (Wildman–Crippen MR) is 78.1 cm³/mol. The van der Waals surface area contributed by atoms with Gasteiger partial charge in [0.2, 0.25) is 10.0 Å². The summed E-state index contributed by atoms with van der Waals surface area (Å²) >= 11 is 0. The maximum Gasteiger partial charge on any atom is 1.00 e. The number of likely N-dealkylation sites (N-methyl/N-ethyl adjacent to an activating group) is 1. The first-order valence-electron chi connectivity index (χ1n) is 6.59. The van der Waals surface area contributed by atoms with Crippen molar-refractivity contribution < 1.29 is 79.2 Å². The Bertz CT molecular complexity index is 624. The number of aliphatic carboxylic acids is 1. The molecule has 0 heterocycles. The summed E-state index contributed by atoms with van der Waals surface area (Å²) in [7, 11) is -0.757. The van der Waals surface area contributed by atoms with Crippen LogP contribution in [0, 0.1) is 13.8 Å². The molecule has 0 saturated carbocycles. The van der Waals surface area contributed by atoms with E-state index in [2.05, 4.69) is 0 Å². The molecule has 0 saturated heterocycles. The average Bonchev–Trinajstić information content (AvgIpc) is 2.41. The molecule has 1 aromatic carbocycles. The topological polar surface area (TPSA) is 96.0 Å². The molecular weight excluding hydrogens is 349 g/mol. The molecule has 0 fully saturated rings. The molecule has 0 aliphatic carbocycles. The van der Waals surface area contributed by atoms with Gasteiger partial charge in [0.05, 0.1) is 31.2 Å². The van der Waals surface area contributed by atoms with Crippen LogP contribution in [0.1, 0.15) is 11.1 Å². The van der Waals surface area contributed by atoms with Crippen LogP contribution in [-0.2, 0) is 19.6 Å². The molecule has 0 N–H and O–H groups in total. The average molecular weight is 369 g/mol. The van der Waals surface area contributed by atoms with E-state index in [1.165, 1.54) is 14.2 Å². The van der Waals surface area contributed by atoms with Gasteiger partial charge in [0.15, 0.2) is 0 Å². The summed E-state index contributed by atoms with van der Waals surface area (Å²) in [5.74, 6) is -0.749. The number of carbonyl (C=O) groups excluding carboxylic acids is 1. The largest absolute Gasteiger partial charge is 1.00 e. The van der Waals surface area contributed by atoms with E-state index in [-0.39, 0.29) is 69.4 Å². The van der Waals surface area contributed by atoms with Gasteiger partial charge in [0.25, 0.3) is 0 Å². The minimum absolute atomic E-state index is 0. The minimum atomic E-state index is -3.69. The van der Waals surface area contributed by atoms with Crippen molar-refractivity contribution in [3.8, 4) is 5.75 Å². The van der Waals surface area contributed by atoms with Crippen LogP contribution in [0.2, 0.25) is 0 Å². The molecule has 0 unspecified atom stereocenters. The van der Waals surface area contributed by atoms with Gasteiger partial charge in [-0.05, 0) is 37.1 Å². The van der Waals surface area contributed by atoms with Crippen molar-refractivity contribution in [3.63, 3.8) is 0 Å². The predicted octanol–water partition coefficient (Wildman–Crippen LogP) is -3.30. The summed E-state index contributed by atoms with van der Waals surface area (Å²) in [6.07, 6.45) is 0. The first-order valence-corrected chi connectivity index (χ1v) is 8.03. The number of hydrogen-bond donors (Lipinski definition) is 0. The summed E-state index contributed by atoms with van der Waals surface area (Å²) in [6, 6.07) is 3.31. The van der Waals surface area contributed by atoms with Crippen molar-refractivity contribution >= 4 is 16.0 Å². The number of ether oxygens (including phenoxy) is 2. The van der Waals surface area contributed by atoms with Crippen molar-refractivity contribution in [1.29, 1.82) is 0 Å². The Hall–Kier alpha value is -0.00364. The number of sulfonamides is 1. The molecule has 0 aliphatic heterocycles. The Morgan fingerprint density at radius 1 is 1.26 bits per heavy atom. The maximum absolute atomic E-state index is 12.6. The summed E-state index contributed by atoms with van der Waals surface area (Å²) in [5.41, 5.74) is 1.17. The molecule has 1 aromatic rings. The first kappa shape index (κ1) is 23.0. The Kier molecular flexibility index (Phi) is 10.1. The quantitative estimate of drug-likeness (QED) is 0.352. The first-order chi connectivity index (χ1) is 10.2. The molecule has 0 atom stereocenters. The second kappa shape index (κ2) is 10.1. The summed E-state index contributed by atoms with van der Waals surface area (Å²) in [5, 5.41) is 10.2. The zero-order chi connectivity index (χ0) is 16.9. The van der Waals surface area contributed by atoms with Gasteiger partial charge in [-0.15, -0.1) is 0 Å². The fraction of sp³-hybridized carbons (Fsp3) is 0.500. The second-order valence-corrected chi connectivity index (χ2v) is 6.82. The Morgan fingerprint density at radius 3 is 2.22 bits per heavy atom. The number of rotatable bonds is 8. The van der Waals surface area contributed by atoms with Gasteiger partial charge in [-0.3, -0.25) is 0 Å². The summed E-state index contributed by atoms with van der Waals surface area (Å²) in [6.45, 7) is 2.85. The van der Waals surface area contributed by atoms with Gasteiger partial charge in [-0.2, -0.15) is 4.31 Å². The second-order valence-electron chi connectivity index (χ2n) is 4.84. The smallest absolute Gasteiger partial charge is 0.548 e. The SMILES string of the molecule is COc1cc(C)c(S(=O)(=O)N(C)CCOCC(=O)[O-])c(C)c1.[K+]. The number of hydrogen-bond acceptors (Lipinski definition) is 6. The van der Waals surface area contributed by atoms with E-state index in [1.54, 1.807) is 26.0 Å². The van der Waals surface area contributed by atoms with Crippen LogP contribution in [-0.4, -0.2) is 52.6 Å². The number of aryl methyl sites for hydroxylation is 2. The zero-order valence-corrected chi connectivity index (χ0v) is 18.0. The van der Waals surface area contributed by atoms with E-state index in [0.717, 1.165) is 4.31 Å². The molecule has 0 aromatic heterocycles. The molecular formula is C14H20KNO6S. The molecule has 0 bridgehead atoms. The number of methoxy groups -OCH3 is 1. The van der Waals surface area contributed by atoms with Crippen molar-refractivity contribution in [1.82, 2.24) is 4.31 Å². The Morgan fingerprint density at radius 2 is 1.78 bits per heavy atom. The van der Waals surface area contributed by atoms with Crippen LogP contribution in [0.15, 0.2) is 17.0 Å². The zero-order valence-electron chi connectivity index (χ0n) is 14.1. The third-order valence-electron chi connectivity index (χ3n) is 3.11. The Labute approximate surface area is 179 Å². The standard InChI is InChI=1S/C14H21NO6S.K/c1-10-7-12(20-4)8-11(2)14(10)22(18,19)15(3)5-6-21-9-13(16)17;/h7-8H,5-6,9H2,1-4H3,(H,16,17);/q;+1/p-1. The van der Waals surface area contributed by atoms with Crippen LogP contribution in [0.3, 0.4) is 0 Å². The normalized spacial score (nSPS) is 11.2. The molecule has 0 spiro atoms. The molecule has 0 amide bonds. The van der Waals surface area contributed by atoms with E-state index in [1.807, 2.05) is 0 Å². The van der Waals surface area contributed by atoms with E-state index >= 15 is 0 Å². The number of benzene rings is 1. The van der Waals surface area contributed by atoms with Gasteiger partial charge >= 0.3 is 51.4 Å². The van der Waals surface area contributed by atoms with Gasteiger partial charge in [0, 0.05) is 13.6 Å². The van der Waals surface area contributed by atoms with Crippen molar-refractivity contribution in [2.45, 2.75) is 18.7 Å². The fourth-order valence-corrected chi connectivity index (χ4v) is 3.62. The van der Waals surface area contributed by atoms with Crippen LogP contribution in [0.5, 0.6) is 5.75 Å². The van der Waals surface area contributed by atoms with E-state index in [0.29, 0.717) is 16.9 Å². The van der Waals surface area contributed by atoms with E-state index < -0.39 is 22.6 Å². The molecule has 23 heavy (non-hydrogen) atoms. The van der Waals surface area contributed by atoms with Gasteiger partial charge in [0.1, 0.15) is 5.75 Å². The van der Waals surface area contributed by atoms with Gasteiger partial charge in [-0.25, -0.2) is 8.42 Å². The van der Waals surface area contributed by atoms with Crippen LogP contribution in [0.25, 0.3) is 0 Å². The van der Waals surface area contributed by atoms with Crippen LogP contribution in [0.4, 0.5) is 0 Å². The summed E-state index contributed by atoms with van der Waals surface area (Å²) in [4.78, 5) is 10.5. The van der Waals surface area contributed by atoms with Crippen molar-refractivity contribution in [2.75, 3.05) is 33.9 Å². The van der Waals surface area contributed by atoms with Gasteiger partial charge < -0.3 is 19.4 Å². The third kappa shape index (κ3) is 6.43. The molecule has 0 radical (unpaired) electrons. The number of carboxylic acids is 1.